The lowest BCUT2D eigenvalue weighted by atomic mass is 9.95. The Hall–Kier alpha value is -2.22. The normalized spacial score (nSPS) is 11.9. The molecule has 0 N–H and O–H groups in total. The highest BCUT2D eigenvalue weighted by atomic mass is 16.1. The molecular weight excluding hydrogens is 308 g/mol. The molecule has 0 amide bonds. The molecule has 136 valence electrons. The van der Waals surface area contributed by atoms with Crippen molar-refractivity contribution in [2.24, 2.45) is 5.92 Å². The van der Waals surface area contributed by atoms with E-state index in [9.17, 15) is 9.59 Å². The van der Waals surface area contributed by atoms with Crippen molar-refractivity contribution in [3.8, 4) is 0 Å². The number of carbonyl (C=O) groups is 2. The Kier molecular flexibility index (Phi) is 10.3. The molecule has 0 heterocycles. The molecule has 0 aromatic heterocycles. The fourth-order valence-electron chi connectivity index (χ4n) is 2.39. The Labute approximate surface area is 153 Å². The second-order valence-electron chi connectivity index (χ2n) is 6.60. The van der Waals surface area contributed by atoms with Crippen LogP contribution in [0.3, 0.4) is 0 Å². The van der Waals surface area contributed by atoms with E-state index in [2.05, 4.69) is 34.3 Å². The summed E-state index contributed by atoms with van der Waals surface area (Å²) < 4.78 is 0. The molecule has 0 unspecified atom stereocenters. The first kappa shape index (κ1) is 22.8. The zero-order chi connectivity index (χ0) is 19.6. The van der Waals surface area contributed by atoms with Gasteiger partial charge in [-0.25, -0.2) is 0 Å². The zero-order valence-electron chi connectivity index (χ0n) is 16.7. The minimum absolute atomic E-state index is 0.0648. The van der Waals surface area contributed by atoms with Crippen molar-refractivity contribution in [2.75, 3.05) is 0 Å². The van der Waals surface area contributed by atoms with Crippen molar-refractivity contribution in [3.63, 3.8) is 0 Å². The molecule has 25 heavy (non-hydrogen) atoms. The van der Waals surface area contributed by atoms with Crippen LogP contribution in [-0.2, 0) is 4.79 Å². The molecular formula is C23H32O2. The van der Waals surface area contributed by atoms with Gasteiger partial charge in [0.05, 0.1) is 0 Å². The minimum Gasteiger partial charge on any atom is -0.295 e. The van der Waals surface area contributed by atoms with Crippen LogP contribution in [0.25, 0.3) is 0 Å². The number of allylic oxidation sites excluding steroid dienone is 5. The van der Waals surface area contributed by atoms with Gasteiger partial charge in [0.25, 0.3) is 0 Å². The smallest absolute Gasteiger partial charge is 0.160 e. The van der Waals surface area contributed by atoms with Crippen LogP contribution in [0, 0.1) is 5.92 Å². The Morgan fingerprint density at radius 2 is 1.60 bits per heavy atom. The molecule has 0 radical (unpaired) electrons. The SMILES string of the molecule is C=C/C(=C\C(=C/C)C(C)C)C(C)=O.CC(=O)c1ccccc1C(C)C. The van der Waals surface area contributed by atoms with Gasteiger partial charge in [-0.1, -0.05) is 70.7 Å². The average molecular weight is 341 g/mol. The molecule has 2 heteroatoms. The number of hydrogen-bond acceptors (Lipinski definition) is 2. The third-order valence-corrected chi connectivity index (χ3v) is 3.91. The van der Waals surface area contributed by atoms with Gasteiger partial charge in [-0.15, -0.1) is 0 Å². The Balaban J connectivity index is 0.000000462. The van der Waals surface area contributed by atoms with E-state index in [1.807, 2.05) is 43.3 Å². The van der Waals surface area contributed by atoms with E-state index < -0.39 is 0 Å². The van der Waals surface area contributed by atoms with Crippen LogP contribution in [-0.4, -0.2) is 11.6 Å². The molecule has 0 saturated heterocycles. The van der Waals surface area contributed by atoms with Crippen molar-refractivity contribution < 1.29 is 9.59 Å². The van der Waals surface area contributed by atoms with E-state index >= 15 is 0 Å². The largest absolute Gasteiger partial charge is 0.295 e. The van der Waals surface area contributed by atoms with Gasteiger partial charge in [0, 0.05) is 11.1 Å². The Bertz CT molecular complexity index is 658. The standard InChI is InChI=1S/C12H18O.C11H14O/c1-6-11(9(3)4)8-12(7-2)10(5)13;1-8(2)10-6-4-5-7-11(10)9(3)12/h6-9H,2H2,1,3-5H3;4-8H,1-3H3/b11-6+,12-8+;. The first-order chi connectivity index (χ1) is 11.6. The number of ketones is 2. The average Bonchev–Trinajstić information content (AvgIpc) is 2.55. The molecule has 0 bridgehead atoms. The second kappa shape index (κ2) is 11.4. The monoisotopic (exact) mass is 340 g/mol. The zero-order valence-corrected chi connectivity index (χ0v) is 16.7. The molecule has 0 spiro atoms. The van der Waals surface area contributed by atoms with Gasteiger partial charge in [0.15, 0.2) is 11.6 Å². The molecule has 1 aromatic carbocycles. The summed E-state index contributed by atoms with van der Waals surface area (Å²) in [5, 5.41) is 0. The molecule has 0 aliphatic heterocycles. The number of benzene rings is 1. The molecule has 0 saturated carbocycles. The van der Waals surface area contributed by atoms with E-state index in [0.717, 1.165) is 11.1 Å². The van der Waals surface area contributed by atoms with Gasteiger partial charge in [-0.3, -0.25) is 9.59 Å². The van der Waals surface area contributed by atoms with E-state index in [4.69, 9.17) is 0 Å². The molecule has 0 atom stereocenters. The molecule has 1 aromatic rings. The van der Waals surface area contributed by atoms with Crippen LogP contribution < -0.4 is 0 Å². The highest BCUT2D eigenvalue weighted by molar-refractivity contribution is 5.96. The summed E-state index contributed by atoms with van der Waals surface area (Å²) in [4.78, 5) is 22.3. The van der Waals surface area contributed by atoms with Gasteiger partial charge in [0.2, 0.25) is 0 Å². The van der Waals surface area contributed by atoms with Crippen LogP contribution in [0.5, 0.6) is 0 Å². The summed E-state index contributed by atoms with van der Waals surface area (Å²) in [6, 6.07) is 7.78. The molecule has 0 aliphatic rings. The van der Waals surface area contributed by atoms with E-state index in [0.29, 0.717) is 17.4 Å². The molecule has 0 fully saturated rings. The van der Waals surface area contributed by atoms with Gasteiger partial charge in [-0.05, 0) is 49.8 Å². The van der Waals surface area contributed by atoms with Gasteiger partial charge < -0.3 is 0 Å². The van der Waals surface area contributed by atoms with Crippen molar-refractivity contribution in [3.05, 3.63) is 71.3 Å². The quantitative estimate of drug-likeness (QED) is 0.346. The minimum atomic E-state index is 0.0648. The first-order valence-corrected chi connectivity index (χ1v) is 8.76. The van der Waals surface area contributed by atoms with Crippen LogP contribution in [0.15, 0.2) is 60.2 Å². The van der Waals surface area contributed by atoms with Crippen LogP contribution >= 0.6 is 0 Å². The lowest BCUT2D eigenvalue weighted by Gasteiger charge is -2.09. The van der Waals surface area contributed by atoms with Crippen molar-refractivity contribution in [1.29, 1.82) is 0 Å². The van der Waals surface area contributed by atoms with Crippen molar-refractivity contribution in [2.45, 2.75) is 54.4 Å². The predicted molar refractivity (Wildman–Crippen MR) is 108 cm³/mol. The van der Waals surface area contributed by atoms with Crippen LogP contribution in [0.4, 0.5) is 0 Å². The third kappa shape index (κ3) is 7.93. The first-order valence-electron chi connectivity index (χ1n) is 8.76. The molecule has 0 aliphatic carbocycles. The van der Waals surface area contributed by atoms with E-state index in [1.165, 1.54) is 5.57 Å². The number of rotatable bonds is 6. The lowest BCUT2D eigenvalue weighted by Crippen LogP contribution is -2.00. The third-order valence-electron chi connectivity index (χ3n) is 3.91. The van der Waals surface area contributed by atoms with Crippen LogP contribution in [0.2, 0.25) is 0 Å². The molecule has 1 rings (SSSR count). The Morgan fingerprint density at radius 3 is 1.92 bits per heavy atom. The fraction of sp³-hybridized carbons (Fsp3) is 0.391. The lowest BCUT2D eigenvalue weighted by molar-refractivity contribution is -0.113. The fourth-order valence-corrected chi connectivity index (χ4v) is 2.39. The van der Waals surface area contributed by atoms with E-state index in [-0.39, 0.29) is 11.6 Å². The number of carbonyl (C=O) groups excluding carboxylic acids is 2. The summed E-state index contributed by atoms with van der Waals surface area (Å²) in [6.45, 7) is 17.2. The number of hydrogen-bond donors (Lipinski definition) is 0. The number of Topliss-reactive ketones (excluding diaryl/α,β-unsaturated/α-hetero) is 2. The summed E-state index contributed by atoms with van der Waals surface area (Å²) in [7, 11) is 0. The van der Waals surface area contributed by atoms with Gasteiger partial charge >= 0.3 is 0 Å². The van der Waals surface area contributed by atoms with Crippen molar-refractivity contribution >= 4 is 11.6 Å². The van der Waals surface area contributed by atoms with Gasteiger partial charge in [-0.2, -0.15) is 0 Å². The molecule has 2 nitrogen and oxygen atoms in total. The summed E-state index contributed by atoms with van der Waals surface area (Å²) in [5.41, 5.74) is 3.85. The maximum absolute atomic E-state index is 11.2. The summed E-state index contributed by atoms with van der Waals surface area (Å²) in [6.07, 6.45) is 5.53. The highest BCUT2D eigenvalue weighted by Gasteiger charge is 2.08. The van der Waals surface area contributed by atoms with Crippen LogP contribution in [0.1, 0.15) is 70.3 Å². The van der Waals surface area contributed by atoms with Gasteiger partial charge in [0.1, 0.15) is 0 Å². The maximum atomic E-state index is 11.2. The summed E-state index contributed by atoms with van der Waals surface area (Å²) in [5.74, 6) is 1.08. The second-order valence-corrected chi connectivity index (χ2v) is 6.60. The van der Waals surface area contributed by atoms with E-state index in [1.54, 1.807) is 19.9 Å². The highest BCUT2D eigenvalue weighted by Crippen LogP contribution is 2.19. The predicted octanol–water partition coefficient (Wildman–Crippen LogP) is 6.30. The topological polar surface area (TPSA) is 34.1 Å². The Morgan fingerprint density at radius 1 is 1.04 bits per heavy atom. The maximum Gasteiger partial charge on any atom is 0.160 e. The van der Waals surface area contributed by atoms with Crippen molar-refractivity contribution in [1.82, 2.24) is 0 Å². The summed E-state index contributed by atoms with van der Waals surface area (Å²) >= 11 is 0.